The zero-order chi connectivity index (χ0) is 14.4. The average Bonchev–Trinajstić information content (AvgIpc) is 2.97. The molecule has 4 heteroatoms. The minimum atomic E-state index is 0.192. The van der Waals surface area contributed by atoms with Crippen molar-refractivity contribution in [1.29, 1.82) is 0 Å². The van der Waals surface area contributed by atoms with Gasteiger partial charge in [0.05, 0.1) is 6.04 Å². The zero-order valence-corrected chi connectivity index (χ0v) is 13.2. The summed E-state index contributed by atoms with van der Waals surface area (Å²) in [6.07, 6.45) is 10.1. The molecule has 0 amide bonds. The Morgan fingerprint density at radius 2 is 1.95 bits per heavy atom. The first-order valence-corrected chi connectivity index (χ1v) is 8.29. The monoisotopic (exact) mass is 279 g/mol. The molecule has 4 nitrogen and oxygen atoms in total. The van der Waals surface area contributed by atoms with Gasteiger partial charge in [0.1, 0.15) is 0 Å². The van der Waals surface area contributed by atoms with Gasteiger partial charge >= 0.3 is 0 Å². The number of rotatable bonds is 7. The van der Waals surface area contributed by atoms with Gasteiger partial charge in [0.15, 0.2) is 0 Å². The predicted octanol–water partition coefficient (Wildman–Crippen LogP) is 4.20. The summed E-state index contributed by atoms with van der Waals surface area (Å²) in [5.74, 6) is 3.03. The van der Waals surface area contributed by atoms with Crippen molar-refractivity contribution in [1.82, 2.24) is 15.5 Å². The van der Waals surface area contributed by atoms with Crippen LogP contribution in [0.5, 0.6) is 0 Å². The van der Waals surface area contributed by atoms with Crippen molar-refractivity contribution in [2.24, 2.45) is 5.92 Å². The summed E-state index contributed by atoms with van der Waals surface area (Å²) < 4.78 is 5.90. The van der Waals surface area contributed by atoms with Crippen LogP contribution in [-0.2, 0) is 0 Å². The minimum absolute atomic E-state index is 0.192. The molecule has 114 valence electrons. The fourth-order valence-electron chi connectivity index (χ4n) is 3.25. The maximum absolute atomic E-state index is 5.90. The lowest BCUT2D eigenvalue weighted by Crippen LogP contribution is -2.15. The smallest absolute Gasteiger partial charge is 0.233 e. The second kappa shape index (κ2) is 7.77. The van der Waals surface area contributed by atoms with Crippen molar-refractivity contribution in [3.05, 3.63) is 11.8 Å². The summed E-state index contributed by atoms with van der Waals surface area (Å²) in [4.78, 5) is 0. The molecule has 1 saturated carbocycles. The lowest BCUT2D eigenvalue weighted by Gasteiger charge is -2.26. The molecule has 1 N–H and O–H groups in total. The van der Waals surface area contributed by atoms with Crippen LogP contribution in [0.15, 0.2) is 4.42 Å². The quantitative estimate of drug-likeness (QED) is 0.812. The second-order valence-corrected chi connectivity index (χ2v) is 6.09. The highest BCUT2D eigenvalue weighted by Gasteiger charge is 2.26. The molecule has 20 heavy (non-hydrogen) atoms. The van der Waals surface area contributed by atoms with Crippen molar-refractivity contribution >= 4 is 0 Å². The summed E-state index contributed by atoms with van der Waals surface area (Å²) in [6.45, 7) is 4.40. The maximum Gasteiger partial charge on any atom is 0.233 e. The van der Waals surface area contributed by atoms with Crippen LogP contribution < -0.4 is 5.32 Å². The SMILES string of the molecule is CCCCC1CCC(c2nnc(C(CC)NC)o2)CC1. The molecule has 1 aliphatic rings. The first-order chi connectivity index (χ1) is 9.78. The molecule has 1 aromatic heterocycles. The van der Waals surface area contributed by atoms with E-state index in [0.29, 0.717) is 5.92 Å². The number of nitrogens with one attached hydrogen (secondary N) is 1. The van der Waals surface area contributed by atoms with Crippen LogP contribution in [0.2, 0.25) is 0 Å². The van der Waals surface area contributed by atoms with Crippen molar-refractivity contribution in [3.8, 4) is 0 Å². The van der Waals surface area contributed by atoms with Crippen molar-refractivity contribution in [2.45, 2.75) is 77.2 Å². The van der Waals surface area contributed by atoms with Gasteiger partial charge < -0.3 is 9.73 Å². The fraction of sp³-hybridized carbons (Fsp3) is 0.875. The van der Waals surface area contributed by atoms with Crippen LogP contribution >= 0.6 is 0 Å². The third-order valence-electron chi connectivity index (χ3n) is 4.67. The normalized spacial score (nSPS) is 24.8. The summed E-state index contributed by atoms with van der Waals surface area (Å²) in [6, 6.07) is 0.192. The van der Waals surface area contributed by atoms with Gasteiger partial charge in [0, 0.05) is 5.92 Å². The van der Waals surface area contributed by atoms with E-state index in [1.807, 2.05) is 7.05 Å². The maximum atomic E-state index is 5.90. The van der Waals surface area contributed by atoms with Crippen LogP contribution in [0.1, 0.15) is 89.0 Å². The molecular formula is C16H29N3O. The number of nitrogens with zero attached hydrogens (tertiary/aromatic N) is 2. The van der Waals surface area contributed by atoms with E-state index < -0.39 is 0 Å². The highest BCUT2D eigenvalue weighted by molar-refractivity contribution is 4.96. The Bertz CT molecular complexity index is 379. The van der Waals surface area contributed by atoms with Crippen LogP contribution in [-0.4, -0.2) is 17.2 Å². The van der Waals surface area contributed by atoms with Gasteiger partial charge in [-0.15, -0.1) is 10.2 Å². The van der Waals surface area contributed by atoms with Gasteiger partial charge in [-0.05, 0) is 45.1 Å². The number of hydrogen-bond acceptors (Lipinski definition) is 4. The van der Waals surface area contributed by atoms with E-state index in [1.54, 1.807) is 0 Å². The molecule has 0 spiro atoms. The lowest BCUT2D eigenvalue weighted by atomic mass is 9.80. The number of unbranched alkanes of at least 4 members (excludes halogenated alkanes) is 1. The van der Waals surface area contributed by atoms with Crippen LogP contribution in [0, 0.1) is 5.92 Å². The van der Waals surface area contributed by atoms with Gasteiger partial charge in [-0.25, -0.2) is 0 Å². The Morgan fingerprint density at radius 1 is 1.20 bits per heavy atom. The number of aromatic nitrogens is 2. The minimum Gasteiger partial charge on any atom is -0.423 e. The topological polar surface area (TPSA) is 51.0 Å². The summed E-state index contributed by atoms with van der Waals surface area (Å²) in [7, 11) is 1.94. The molecule has 1 heterocycles. The summed E-state index contributed by atoms with van der Waals surface area (Å²) >= 11 is 0. The molecule has 2 rings (SSSR count). The Morgan fingerprint density at radius 3 is 2.55 bits per heavy atom. The molecule has 0 aliphatic heterocycles. The molecule has 1 atom stereocenters. The van der Waals surface area contributed by atoms with E-state index in [2.05, 4.69) is 29.4 Å². The molecule has 1 fully saturated rings. The van der Waals surface area contributed by atoms with Crippen LogP contribution in [0.4, 0.5) is 0 Å². The van der Waals surface area contributed by atoms with E-state index in [-0.39, 0.29) is 6.04 Å². The van der Waals surface area contributed by atoms with E-state index in [0.717, 1.165) is 24.1 Å². The van der Waals surface area contributed by atoms with E-state index in [9.17, 15) is 0 Å². The Kier molecular flexibility index (Phi) is 6.02. The van der Waals surface area contributed by atoms with E-state index in [4.69, 9.17) is 4.42 Å². The van der Waals surface area contributed by atoms with Gasteiger partial charge in [-0.3, -0.25) is 0 Å². The summed E-state index contributed by atoms with van der Waals surface area (Å²) in [5, 5.41) is 11.7. The molecule has 0 bridgehead atoms. The average molecular weight is 279 g/mol. The van der Waals surface area contributed by atoms with Crippen molar-refractivity contribution in [3.63, 3.8) is 0 Å². The molecule has 1 aromatic rings. The molecule has 0 aromatic carbocycles. The third-order valence-corrected chi connectivity index (χ3v) is 4.67. The van der Waals surface area contributed by atoms with E-state index >= 15 is 0 Å². The predicted molar refractivity (Wildman–Crippen MR) is 80.6 cm³/mol. The van der Waals surface area contributed by atoms with Crippen LogP contribution in [0.25, 0.3) is 0 Å². The third kappa shape index (κ3) is 3.81. The molecular weight excluding hydrogens is 250 g/mol. The Labute approximate surface area is 122 Å². The summed E-state index contributed by atoms with van der Waals surface area (Å²) in [5.41, 5.74) is 0. The lowest BCUT2D eigenvalue weighted by molar-refractivity contribution is 0.269. The standard InChI is InChI=1S/C16H29N3O/c1-4-6-7-12-8-10-13(11-9-12)15-18-19-16(20-15)14(5-2)17-3/h12-14,17H,4-11H2,1-3H3. The molecule has 0 saturated heterocycles. The zero-order valence-electron chi connectivity index (χ0n) is 13.2. The Hall–Kier alpha value is -0.900. The van der Waals surface area contributed by atoms with Crippen molar-refractivity contribution in [2.75, 3.05) is 7.05 Å². The van der Waals surface area contributed by atoms with Crippen LogP contribution in [0.3, 0.4) is 0 Å². The van der Waals surface area contributed by atoms with Gasteiger partial charge in [0.2, 0.25) is 11.8 Å². The number of hydrogen-bond donors (Lipinski definition) is 1. The highest BCUT2D eigenvalue weighted by atomic mass is 16.4. The van der Waals surface area contributed by atoms with Gasteiger partial charge in [0.25, 0.3) is 0 Å². The highest BCUT2D eigenvalue weighted by Crippen LogP contribution is 2.37. The van der Waals surface area contributed by atoms with Crippen molar-refractivity contribution < 1.29 is 4.42 Å². The van der Waals surface area contributed by atoms with Gasteiger partial charge in [-0.1, -0.05) is 33.1 Å². The largest absolute Gasteiger partial charge is 0.423 e. The molecule has 0 radical (unpaired) electrons. The Balaban J connectivity index is 1.87. The molecule has 1 unspecified atom stereocenters. The first kappa shape index (κ1) is 15.5. The van der Waals surface area contributed by atoms with Gasteiger partial charge in [-0.2, -0.15) is 0 Å². The van der Waals surface area contributed by atoms with E-state index in [1.165, 1.54) is 44.9 Å². The fourth-order valence-corrected chi connectivity index (χ4v) is 3.25. The first-order valence-electron chi connectivity index (χ1n) is 8.29. The molecule has 1 aliphatic carbocycles. The second-order valence-electron chi connectivity index (χ2n) is 6.09.